The van der Waals surface area contributed by atoms with Crippen molar-refractivity contribution in [2.45, 2.75) is 24.9 Å². The first-order chi connectivity index (χ1) is 18.3. The van der Waals surface area contributed by atoms with E-state index in [9.17, 15) is 14.4 Å². The number of anilines is 1. The van der Waals surface area contributed by atoms with Crippen LogP contribution in [0.2, 0.25) is 0 Å². The van der Waals surface area contributed by atoms with Gasteiger partial charge in [-0.25, -0.2) is 0 Å². The van der Waals surface area contributed by atoms with Crippen molar-refractivity contribution in [3.05, 3.63) is 65.7 Å². The quantitative estimate of drug-likeness (QED) is 0.306. The van der Waals surface area contributed by atoms with Crippen LogP contribution in [0.25, 0.3) is 0 Å². The minimum absolute atomic E-state index is 0.112. The Kier molecular flexibility index (Phi) is 5.93. The normalized spacial score (nSPS) is 29.1. The van der Waals surface area contributed by atoms with Crippen molar-refractivity contribution in [1.29, 1.82) is 0 Å². The summed E-state index contributed by atoms with van der Waals surface area (Å²) in [5.74, 6) is 0.349. The van der Waals surface area contributed by atoms with E-state index in [0.29, 0.717) is 24.5 Å². The molecule has 2 saturated heterocycles. The number of allylic oxidation sites excluding steroid dienone is 2. The highest BCUT2D eigenvalue weighted by Crippen LogP contribution is 2.54. The summed E-state index contributed by atoms with van der Waals surface area (Å²) < 4.78 is 10.8. The Balaban J connectivity index is 1.28. The molecule has 1 saturated carbocycles. The summed E-state index contributed by atoms with van der Waals surface area (Å²) in [5, 5.41) is 0. The maximum Gasteiger partial charge on any atom is 0.248 e. The number of imide groups is 1. The third kappa shape index (κ3) is 3.61. The summed E-state index contributed by atoms with van der Waals surface area (Å²) in [6.45, 7) is 0.459. The lowest BCUT2D eigenvalue weighted by molar-refractivity contribution is -0.169. The van der Waals surface area contributed by atoms with Crippen LogP contribution < -0.4 is 14.4 Å². The molecule has 2 heterocycles. The number of benzene rings is 2. The highest BCUT2D eigenvalue weighted by molar-refractivity contribution is 6.10. The van der Waals surface area contributed by atoms with Gasteiger partial charge in [0.05, 0.1) is 32.1 Å². The lowest BCUT2D eigenvalue weighted by Gasteiger charge is -2.50. The molecule has 8 nitrogen and oxygen atoms in total. The van der Waals surface area contributed by atoms with Crippen LogP contribution in [-0.2, 0) is 20.8 Å². The molecular weight excluding hydrogens is 482 g/mol. The number of nitrogens with zero attached hydrogens (tertiary/aromatic N) is 3. The number of methoxy groups -OCH3 is 2. The van der Waals surface area contributed by atoms with E-state index in [0.717, 1.165) is 23.2 Å². The predicted molar refractivity (Wildman–Crippen MR) is 142 cm³/mol. The standard InChI is InChI=1S/C30H33N3O5/c1-31(2)21-10-8-18(9-11-21)26-27(33-28(34)24-19-6-7-20(16-19)25(24)29(33)35)30(36)32(26)14-13-17-5-12-22(37-3)23(15-17)38-4/h5-12,15,19-20,24-27H,13-14,16H2,1-4H3. The van der Waals surface area contributed by atoms with Crippen LogP contribution in [0, 0.1) is 23.7 Å². The van der Waals surface area contributed by atoms with E-state index in [1.165, 1.54) is 4.90 Å². The summed E-state index contributed by atoms with van der Waals surface area (Å²) in [4.78, 5) is 45.9. The molecule has 0 radical (unpaired) electrons. The second-order valence-corrected chi connectivity index (χ2v) is 10.9. The summed E-state index contributed by atoms with van der Waals surface area (Å²) >= 11 is 0. The monoisotopic (exact) mass is 515 g/mol. The fourth-order valence-corrected chi connectivity index (χ4v) is 6.85. The fraction of sp³-hybridized carbons (Fsp3) is 0.433. The highest BCUT2D eigenvalue weighted by Gasteiger charge is 2.65. The van der Waals surface area contributed by atoms with Crippen LogP contribution in [0.3, 0.4) is 0 Å². The number of fused-ring (bicyclic) bond motifs is 5. The second kappa shape index (κ2) is 9.19. The molecule has 0 spiro atoms. The number of carbonyl (C=O) groups is 3. The molecule has 0 N–H and O–H groups in total. The first kappa shape index (κ1) is 24.5. The first-order valence-electron chi connectivity index (χ1n) is 13.2. The molecule has 2 aromatic rings. The van der Waals surface area contributed by atoms with Gasteiger partial charge < -0.3 is 19.3 Å². The Hall–Kier alpha value is -3.81. The average molecular weight is 516 g/mol. The Morgan fingerprint density at radius 3 is 2.03 bits per heavy atom. The van der Waals surface area contributed by atoms with Crippen molar-refractivity contribution in [3.8, 4) is 11.5 Å². The van der Waals surface area contributed by atoms with Gasteiger partial charge in [-0.3, -0.25) is 19.3 Å². The minimum Gasteiger partial charge on any atom is -0.493 e. The average Bonchev–Trinajstić information content (AvgIpc) is 3.61. The van der Waals surface area contributed by atoms with Crippen molar-refractivity contribution in [2.24, 2.45) is 23.7 Å². The molecule has 198 valence electrons. The van der Waals surface area contributed by atoms with Gasteiger partial charge in [-0.05, 0) is 60.1 Å². The third-order valence-electron chi connectivity index (χ3n) is 8.79. The molecule has 6 atom stereocenters. The summed E-state index contributed by atoms with van der Waals surface area (Å²) in [5.41, 5.74) is 2.97. The Morgan fingerprint density at radius 2 is 1.45 bits per heavy atom. The van der Waals surface area contributed by atoms with E-state index < -0.39 is 6.04 Å². The number of β-lactam (4-membered cyclic amide) rings is 1. The second-order valence-electron chi connectivity index (χ2n) is 10.9. The number of ether oxygens (including phenoxy) is 2. The van der Waals surface area contributed by atoms with Gasteiger partial charge >= 0.3 is 0 Å². The van der Waals surface area contributed by atoms with Gasteiger partial charge in [0, 0.05) is 26.3 Å². The van der Waals surface area contributed by atoms with Gasteiger partial charge in [-0.15, -0.1) is 0 Å². The summed E-state index contributed by atoms with van der Waals surface area (Å²) in [6, 6.07) is 12.6. The van der Waals surface area contributed by atoms with Crippen LogP contribution in [0.5, 0.6) is 11.5 Å². The minimum atomic E-state index is -0.796. The van der Waals surface area contributed by atoms with E-state index in [4.69, 9.17) is 9.47 Å². The van der Waals surface area contributed by atoms with Crippen LogP contribution >= 0.6 is 0 Å². The molecule has 6 rings (SSSR count). The third-order valence-corrected chi connectivity index (χ3v) is 8.79. The molecule has 2 aliphatic carbocycles. The molecule has 8 heteroatoms. The molecule has 38 heavy (non-hydrogen) atoms. The highest BCUT2D eigenvalue weighted by atomic mass is 16.5. The van der Waals surface area contributed by atoms with Crippen molar-refractivity contribution >= 4 is 23.4 Å². The topological polar surface area (TPSA) is 79.4 Å². The molecule has 2 aromatic carbocycles. The molecule has 6 unspecified atom stereocenters. The number of hydrogen-bond donors (Lipinski definition) is 0. The van der Waals surface area contributed by atoms with Gasteiger partial charge in [0.15, 0.2) is 11.5 Å². The molecule has 4 aliphatic rings. The largest absolute Gasteiger partial charge is 0.493 e. The molecule has 2 bridgehead atoms. The van der Waals surface area contributed by atoms with Gasteiger partial charge in [-0.2, -0.15) is 0 Å². The van der Waals surface area contributed by atoms with Crippen LogP contribution in [0.4, 0.5) is 5.69 Å². The summed E-state index contributed by atoms with van der Waals surface area (Å²) in [7, 11) is 7.14. The maximum absolute atomic E-state index is 13.7. The zero-order valence-corrected chi connectivity index (χ0v) is 22.2. The summed E-state index contributed by atoms with van der Waals surface area (Å²) in [6.07, 6.45) is 5.63. The van der Waals surface area contributed by atoms with E-state index in [-0.39, 0.29) is 47.4 Å². The Morgan fingerprint density at radius 1 is 0.816 bits per heavy atom. The van der Waals surface area contributed by atoms with E-state index >= 15 is 0 Å². The van der Waals surface area contributed by atoms with Crippen molar-refractivity contribution in [2.75, 3.05) is 39.8 Å². The maximum atomic E-state index is 13.7. The van der Waals surface area contributed by atoms with Crippen LogP contribution in [0.1, 0.15) is 23.6 Å². The van der Waals surface area contributed by atoms with Gasteiger partial charge in [0.25, 0.3) is 0 Å². The molecular formula is C30H33N3O5. The van der Waals surface area contributed by atoms with E-state index in [2.05, 4.69) is 12.2 Å². The Labute approximate surface area is 222 Å². The van der Waals surface area contributed by atoms with Gasteiger partial charge in [0.2, 0.25) is 17.7 Å². The van der Waals surface area contributed by atoms with Gasteiger partial charge in [0.1, 0.15) is 6.04 Å². The molecule has 3 amide bonds. The number of amides is 3. The van der Waals surface area contributed by atoms with E-state index in [1.54, 1.807) is 19.1 Å². The zero-order valence-electron chi connectivity index (χ0n) is 22.2. The fourth-order valence-electron chi connectivity index (χ4n) is 6.85. The smallest absolute Gasteiger partial charge is 0.248 e. The lowest BCUT2D eigenvalue weighted by Crippen LogP contribution is -2.67. The number of hydrogen-bond acceptors (Lipinski definition) is 6. The lowest BCUT2D eigenvalue weighted by atomic mass is 9.85. The predicted octanol–water partition coefficient (Wildman–Crippen LogP) is 3.07. The Bertz CT molecular complexity index is 1290. The van der Waals surface area contributed by atoms with Crippen molar-refractivity contribution < 1.29 is 23.9 Å². The molecule has 0 aromatic heterocycles. The zero-order chi connectivity index (χ0) is 26.7. The van der Waals surface area contributed by atoms with Gasteiger partial charge in [-0.1, -0.05) is 30.4 Å². The van der Waals surface area contributed by atoms with Crippen molar-refractivity contribution in [1.82, 2.24) is 9.80 Å². The van der Waals surface area contributed by atoms with Crippen molar-refractivity contribution in [3.63, 3.8) is 0 Å². The molecule has 3 fully saturated rings. The van der Waals surface area contributed by atoms with Crippen LogP contribution in [-0.4, -0.2) is 68.4 Å². The number of likely N-dealkylation sites (tertiary alicyclic amines) is 2. The SMILES string of the molecule is COc1ccc(CCN2C(=O)C(N3C(=O)C4C5C=CC(C5)C4C3=O)C2c2ccc(N(C)C)cc2)cc1OC. The first-order valence-corrected chi connectivity index (χ1v) is 13.2. The van der Waals surface area contributed by atoms with E-state index in [1.807, 2.05) is 61.5 Å². The number of rotatable bonds is 8. The van der Waals surface area contributed by atoms with Crippen LogP contribution in [0.15, 0.2) is 54.6 Å². The molecule has 2 aliphatic heterocycles. The number of carbonyl (C=O) groups excluding carboxylic acids is 3.